The minimum atomic E-state index is -3.97. The van der Waals surface area contributed by atoms with E-state index in [9.17, 15) is 22.4 Å². The van der Waals surface area contributed by atoms with Crippen molar-refractivity contribution in [2.45, 2.75) is 50.0 Å². The Labute approximate surface area is 171 Å². The molecule has 160 valence electrons. The van der Waals surface area contributed by atoms with Crippen molar-refractivity contribution in [3.8, 4) is 0 Å². The first kappa shape index (κ1) is 23.0. The molecule has 0 saturated heterocycles. The highest BCUT2D eigenvalue weighted by Gasteiger charge is 2.25. The Morgan fingerprint density at radius 1 is 1.24 bits per heavy atom. The summed E-state index contributed by atoms with van der Waals surface area (Å²) in [7, 11) is -2.76. The van der Waals surface area contributed by atoms with Gasteiger partial charge < -0.3 is 10.1 Å². The van der Waals surface area contributed by atoms with Crippen LogP contribution in [0.15, 0.2) is 40.8 Å². The number of nitrogens with zero attached hydrogens (tertiary/aromatic N) is 1. The van der Waals surface area contributed by atoms with Gasteiger partial charge in [0, 0.05) is 13.6 Å². The number of ether oxygens (including phenoxy) is 1. The van der Waals surface area contributed by atoms with Crippen LogP contribution in [0.2, 0.25) is 0 Å². The summed E-state index contributed by atoms with van der Waals surface area (Å²) in [6.45, 7) is 1.33. The molecule has 9 heteroatoms. The molecule has 1 aliphatic carbocycles. The smallest absolute Gasteiger partial charge is 0.322 e. The molecule has 1 aromatic carbocycles. The molecular weight excluding hydrogens is 399 g/mol. The molecule has 0 radical (unpaired) electrons. The average molecular weight is 427 g/mol. The number of nitrogens with one attached hydrogen (secondary N) is 1. The SMILES string of the molecule is C[C@H](OC(=O)CN(C)S(=O)(=O)c1ccc(F)cc1)C(=O)NCCC1=CCCCC1. The van der Waals surface area contributed by atoms with Crippen LogP contribution in [0.5, 0.6) is 0 Å². The summed E-state index contributed by atoms with van der Waals surface area (Å²) in [5.74, 6) is -1.85. The maximum Gasteiger partial charge on any atom is 0.322 e. The number of carbonyl (C=O) groups is 2. The van der Waals surface area contributed by atoms with Gasteiger partial charge in [-0.05, 0) is 63.3 Å². The summed E-state index contributed by atoms with van der Waals surface area (Å²) in [6, 6.07) is 4.28. The first-order chi connectivity index (χ1) is 13.7. The van der Waals surface area contributed by atoms with E-state index in [2.05, 4.69) is 11.4 Å². The lowest BCUT2D eigenvalue weighted by molar-refractivity contribution is -0.154. The van der Waals surface area contributed by atoms with E-state index in [4.69, 9.17) is 4.74 Å². The molecule has 0 heterocycles. The summed E-state index contributed by atoms with van der Waals surface area (Å²) >= 11 is 0. The fourth-order valence-corrected chi connectivity index (χ4v) is 4.08. The van der Waals surface area contributed by atoms with Crippen molar-refractivity contribution in [3.05, 3.63) is 41.7 Å². The standard InChI is InChI=1S/C20H27FN2O5S/c1-15(20(25)22-13-12-16-6-4-3-5-7-16)28-19(24)14-23(2)29(26,27)18-10-8-17(21)9-11-18/h6,8-11,15H,3-5,7,12-14H2,1-2H3,(H,22,25)/t15-/m0/s1. The molecule has 0 saturated carbocycles. The van der Waals surface area contributed by atoms with Gasteiger partial charge >= 0.3 is 5.97 Å². The van der Waals surface area contributed by atoms with Crippen LogP contribution in [0.1, 0.15) is 39.0 Å². The molecule has 0 unspecified atom stereocenters. The molecule has 1 atom stereocenters. The summed E-state index contributed by atoms with van der Waals surface area (Å²) in [4.78, 5) is 24.0. The van der Waals surface area contributed by atoms with Crippen molar-refractivity contribution in [3.63, 3.8) is 0 Å². The van der Waals surface area contributed by atoms with E-state index in [0.717, 1.165) is 47.8 Å². The molecule has 0 aliphatic heterocycles. The average Bonchev–Trinajstić information content (AvgIpc) is 2.68. The third kappa shape index (κ3) is 6.93. The van der Waals surface area contributed by atoms with Gasteiger partial charge in [-0.25, -0.2) is 12.8 Å². The molecule has 1 N–H and O–H groups in total. The van der Waals surface area contributed by atoms with Gasteiger partial charge in [0.15, 0.2) is 6.10 Å². The largest absolute Gasteiger partial charge is 0.452 e. The Morgan fingerprint density at radius 2 is 1.93 bits per heavy atom. The van der Waals surface area contributed by atoms with Gasteiger partial charge in [-0.1, -0.05) is 11.6 Å². The summed E-state index contributed by atoms with van der Waals surface area (Å²) in [6.07, 6.45) is 6.43. The second-order valence-electron chi connectivity index (χ2n) is 7.00. The minimum absolute atomic E-state index is 0.142. The lowest BCUT2D eigenvalue weighted by Gasteiger charge is -2.19. The number of esters is 1. The third-order valence-corrected chi connectivity index (χ3v) is 6.50. The predicted octanol–water partition coefficient (Wildman–Crippen LogP) is 2.38. The zero-order valence-electron chi connectivity index (χ0n) is 16.7. The summed E-state index contributed by atoms with van der Waals surface area (Å²) in [5, 5.41) is 2.73. The van der Waals surface area contributed by atoms with E-state index in [1.807, 2.05) is 0 Å². The van der Waals surface area contributed by atoms with E-state index < -0.39 is 40.4 Å². The Kier molecular flexibility index (Phi) is 8.33. The first-order valence-corrected chi connectivity index (χ1v) is 11.0. The van der Waals surface area contributed by atoms with Crippen LogP contribution in [0, 0.1) is 5.82 Å². The van der Waals surface area contributed by atoms with Gasteiger partial charge in [-0.3, -0.25) is 9.59 Å². The quantitative estimate of drug-likeness (QED) is 0.483. The fraction of sp³-hybridized carbons (Fsp3) is 0.500. The van der Waals surface area contributed by atoms with Crippen molar-refractivity contribution in [1.82, 2.24) is 9.62 Å². The number of hydrogen-bond acceptors (Lipinski definition) is 5. The zero-order valence-corrected chi connectivity index (χ0v) is 17.5. The minimum Gasteiger partial charge on any atom is -0.452 e. The molecule has 7 nitrogen and oxygen atoms in total. The van der Waals surface area contributed by atoms with Crippen molar-refractivity contribution >= 4 is 21.9 Å². The Morgan fingerprint density at radius 3 is 2.55 bits per heavy atom. The van der Waals surface area contributed by atoms with Crippen LogP contribution in [0.25, 0.3) is 0 Å². The summed E-state index contributed by atoms with van der Waals surface area (Å²) in [5.41, 5.74) is 1.33. The van der Waals surface area contributed by atoms with E-state index in [1.54, 1.807) is 0 Å². The van der Waals surface area contributed by atoms with Gasteiger partial charge in [-0.15, -0.1) is 0 Å². The lowest BCUT2D eigenvalue weighted by atomic mass is 9.97. The molecule has 0 bridgehead atoms. The Hall–Kier alpha value is -2.26. The van der Waals surface area contributed by atoms with Crippen LogP contribution in [0.4, 0.5) is 4.39 Å². The number of amides is 1. The van der Waals surface area contributed by atoms with Crippen LogP contribution < -0.4 is 5.32 Å². The van der Waals surface area contributed by atoms with E-state index >= 15 is 0 Å². The van der Waals surface area contributed by atoms with Crippen LogP contribution in [-0.2, 0) is 24.3 Å². The Bertz CT molecular complexity index is 852. The van der Waals surface area contributed by atoms with Gasteiger partial charge in [0.05, 0.1) is 4.90 Å². The monoisotopic (exact) mass is 426 g/mol. The number of carbonyl (C=O) groups excluding carboxylic acids is 2. The van der Waals surface area contributed by atoms with Gasteiger partial charge in [0.1, 0.15) is 12.4 Å². The number of rotatable bonds is 9. The van der Waals surface area contributed by atoms with Crippen LogP contribution in [0.3, 0.4) is 0 Å². The highest BCUT2D eigenvalue weighted by atomic mass is 32.2. The highest BCUT2D eigenvalue weighted by molar-refractivity contribution is 7.89. The lowest BCUT2D eigenvalue weighted by Crippen LogP contribution is -2.39. The number of benzene rings is 1. The Balaban J connectivity index is 1.79. The number of sulfonamides is 1. The second-order valence-corrected chi connectivity index (χ2v) is 9.04. The van der Waals surface area contributed by atoms with Crippen LogP contribution >= 0.6 is 0 Å². The van der Waals surface area contributed by atoms with Gasteiger partial charge in [-0.2, -0.15) is 4.31 Å². The maximum absolute atomic E-state index is 13.0. The van der Waals surface area contributed by atoms with E-state index in [1.165, 1.54) is 32.4 Å². The normalized spacial score (nSPS) is 15.5. The van der Waals surface area contributed by atoms with Crippen molar-refractivity contribution in [2.24, 2.45) is 0 Å². The van der Waals surface area contributed by atoms with Gasteiger partial charge in [0.25, 0.3) is 5.91 Å². The number of hydrogen-bond donors (Lipinski definition) is 1. The van der Waals surface area contributed by atoms with Crippen molar-refractivity contribution in [1.29, 1.82) is 0 Å². The molecule has 0 aromatic heterocycles. The van der Waals surface area contributed by atoms with Crippen LogP contribution in [-0.4, -0.2) is 50.8 Å². The van der Waals surface area contributed by atoms with E-state index in [0.29, 0.717) is 6.54 Å². The summed E-state index contributed by atoms with van der Waals surface area (Å²) < 4.78 is 43.6. The van der Waals surface area contributed by atoms with Crippen molar-refractivity contribution < 1.29 is 27.1 Å². The molecule has 1 aliphatic rings. The predicted molar refractivity (Wildman–Crippen MR) is 106 cm³/mol. The number of allylic oxidation sites excluding steroid dienone is 1. The van der Waals surface area contributed by atoms with Gasteiger partial charge in [0.2, 0.25) is 10.0 Å². The molecule has 0 fully saturated rings. The van der Waals surface area contributed by atoms with Crippen molar-refractivity contribution in [2.75, 3.05) is 20.1 Å². The van der Waals surface area contributed by atoms with E-state index in [-0.39, 0.29) is 4.90 Å². The molecule has 2 rings (SSSR count). The molecule has 29 heavy (non-hydrogen) atoms. The molecular formula is C20H27FN2O5S. The topological polar surface area (TPSA) is 92.8 Å². The maximum atomic E-state index is 13.0. The highest BCUT2D eigenvalue weighted by Crippen LogP contribution is 2.19. The molecule has 1 amide bonds. The molecule has 1 aromatic rings. The fourth-order valence-electron chi connectivity index (χ4n) is 2.96. The number of halogens is 1. The second kappa shape index (κ2) is 10.5. The zero-order chi connectivity index (χ0) is 21.4. The molecule has 0 spiro atoms. The first-order valence-electron chi connectivity index (χ1n) is 9.57. The number of likely N-dealkylation sites (N-methyl/N-ethyl adjacent to an activating group) is 1. The third-order valence-electron chi connectivity index (χ3n) is 4.68.